The van der Waals surface area contributed by atoms with Crippen molar-refractivity contribution in [3.05, 3.63) is 145 Å². The molecule has 0 fully saturated rings. The van der Waals surface area contributed by atoms with Crippen LogP contribution in [0.15, 0.2) is 128 Å². The van der Waals surface area contributed by atoms with E-state index < -0.39 is 0 Å². The Balaban J connectivity index is 0.000000187. The molecule has 0 saturated carbocycles. The monoisotopic (exact) mass is 697 g/mol. The number of pyridine rings is 2. The second kappa shape index (κ2) is 12.3. The third-order valence-electron chi connectivity index (χ3n) is 6.33. The summed E-state index contributed by atoms with van der Waals surface area (Å²) in [4.78, 5) is 8.86. The van der Waals surface area contributed by atoms with Crippen LogP contribution < -0.4 is 0 Å². The molecular formula is C35H24IrN2S-2. The van der Waals surface area contributed by atoms with Crippen molar-refractivity contribution < 1.29 is 20.1 Å². The number of rotatable bonds is 3. The maximum atomic E-state index is 4.45. The molecule has 7 aromatic rings. The SMILES string of the molecule is Cc1cccc(-c2[c-]cccc2)n1.[Ir].[c-]1ccc(-c2cccc3c2sc2ccccc23)cc1-c1ccccn1. The number of hydrogen-bond donors (Lipinski definition) is 0. The van der Waals surface area contributed by atoms with E-state index in [0.717, 1.165) is 28.2 Å². The minimum Gasteiger partial charge on any atom is -0.305 e. The zero-order chi connectivity index (χ0) is 25.7. The van der Waals surface area contributed by atoms with Gasteiger partial charge in [0.05, 0.1) is 0 Å². The topological polar surface area (TPSA) is 25.8 Å². The van der Waals surface area contributed by atoms with Crippen molar-refractivity contribution in [3.8, 4) is 33.6 Å². The van der Waals surface area contributed by atoms with E-state index in [4.69, 9.17) is 0 Å². The maximum absolute atomic E-state index is 4.45. The van der Waals surface area contributed by atoms with E-state index in [1.54, 1.807) is 0 Å². The van der Waals surface area contributed by atoms with Gasteiger partial charge in [-0.1, -0.05) is 66.2 Å². The molecule has 2 nitrogen and oxygen atoms in total. The minimum atomic E-state index is 0. The Morgan fingerprint density at radius 3 is 2.23 bits per heavy atom. The van der Waals surface area contributed by atoms with Crippen LogP contribution in [0.5, 0.6) is 0 Å². The summed E-state index contributed by atoms with van der Waals surface area (Å²) in [6.07, 6.45) is 1.82. The van der Waals surface area contributed by atoms with Gasteiger partial charge in [-0.05, 0) is 42.1 Å². The molecule has 0 aliphatic rings. The summed E-state index contributed by atoms with van der Waals surface area (Å²) in [6, 6.07) is 47.8. The molecule has 1 radical (unpaired) electrons. The van der Waals surface area contributed by atoms with E-state index in [9.17, 15) is 0 Å². The number of aryl methyl sites for hydroxylation is 1. The number of hydrogen-bond acceptors (Lipinski definition) is 3. The zero-order valence-electron chi connectivity index (χ0n) is 21.3. The number of thiophene rings is 1. The quantitative estimate of drug-likeness (QED) is 0.172. The van der Waals surface area contributed by atoms with Gasteiger partial charge in [0.15, 0.2) is 0 Å². The van der Waals surface area contributed by atoms with Gasteiger partial charge >= 0.3 is 0 Å². The Kier molecular flexibility index (Phi) is 8.39. The van der Waals surface area contributed by atoms with Crippen LogP contribution in [0.25, 0.3) is 53.8 Å². The van der Waals surface area contributed by atoms with Gasteiger partial charge < -0.3 is 9.97 Å². The van der Waals surface area contributed by atoms with Crippen molar-refractivity contribution in [2.75, 3.05) is 0 Å². The van der Waals surface area contributed by atoms with Gasteiger partial charge in [0.25, 0.3) is 0 Å². The van der Waals surface area contributed by atoms with Gasteiger partial charge in [0.2, 0.25) is 0 Å². The minimum absolute atomic E-state index is 0. The first-order chi connectivity index (χ1) is 18.8. The molecule has 0 N–H and O–H groups in total. The average Bonchev–Trinajstić information content (AvgIpc) is 3.38. The normalized spacial score (nSPS) is 10.5. The molecule has 3 heterocycles. The number of fused-ring (bicyclic) bond motifs is 3. The summed E-state index contributed by atoms with van der Waals surface area (Å²) in [6.45, 7) is 1.99. The van der Waals surface area contributed by atoms with Gasteiger partial charge in [-0.15, -0.1) is 77.1 Å². The fourth-order valence-electron chi connectivity index (χ4n) is 4.52. The fraction of sp³-hybridized carbons (Fsp3) is 0.0286. The van der Waals surface area contributed by atoms with Crippen LogP contribution >= 0.6 is 11.3 Å². The second-order valence-electron chi connectivity index (χ2n) is 8.93. The molecule has 191 valence electrons. The van der Waals surface area contributed by atoms with Crippen molar-refractivity contribution >= 4 is 31.5 Å². The molecule has 0 spiro atoms. The number of benzene rings is 4. The van der Waals surface area contributed by atoms with Crippen LogP contribution in [0.2, 0.25) is 0 Å². The molecular weight excluding hydrogens is 673 g/mol. The van der Waals surface area contributed by atoms with E-state index in [2.05, 4.69) is 76.7 Å². The first-order valence-electron chi connectivity index (χ1n) is 12.5. The standard InChI is InChI=1S/C23H14NS.C12H10N.Ir/c1-2-13-22-19(9-1)20-11-6-10-18(23(20)25-22)16-7-5-8-17(15-16)21-12-3-4-14-24-21;1-10-6-5-9-12(13-10)11-7-3-2-4-8-11;/h1-7,9-15H;2-7,9H,1H3;/q2*-1;. The summed E-state index contributed by atoms with van der Waals surface area (Å²) < 4.78 is 2.67. The van der Waals surface area contributed by atoms with E-state index >= 15 is 0 Å². The van der Waals surface area contributed by atoms with E-state index in [1.807, 2.05) is 91.2 Å². The molecule has 7 rings (SSSR count). The van der Waals surface area contributed by atoms with Crippen LogP contribution in [-0.4, -0.2) is 9.97 Å². The van der Waals surface area contributed by atoms with E-state index in [0.29, 0.717) is 0 Å². The van der Waals surface area contributed by atoms with E-state index in [1.165, 1.54) is 31.3 Å². The Bertz CT molecular complexity index is 1830. The Morgan fingerprint density at radius 2 is 1.41 bits per heavy atom. The average molecular weight is 697 g/mol. The zero-order valence-corrected chi connectivity index (χ0v) is 24.5. The summed E-state index contributed by atoms with van der Waals surface area (Å²) in [5.74, 6) is 0. The van der Waals surface area contributed by atoms with Crippen LogP contribution in [0.1, 0.15) is 5.69 Å². The molecule has 3 aromatic heterocycles. The van der Waals surface area contributed by atoms with E-state index in [-0.39, 0.29) is 20.1 Å². The third-order valence-corrected chi connectivity index (χ3v) is 7.55. The first kappa shape index (κ1) is 26.6. The predicted molar refractivity (Wildman–Crippen MR) is 160 cm³/mol. The predicted octanol–water partition coefficient (Wildman–Crippen LogP) is 9.44. The summed E-state index contributed by atoms with van der Waals surface area (Å²) >= 11 is 1.86. The summed E-state index contributed by atoms with van der Waals surface area (Å²) in [5, 5.41) is 2.65. The van der Waals surface area contributed by atoms with Gasteiger partial charge in [-0.2, -0.15) is 0 Å². The van der Waals surface area contributed by atoms with Gasteiger partial charge in [-0.25, -0.2) is 0 Å². The van der Waals surface area contributed by atoms with Crippen LogP contribution in [-0.2, 0) is 20.1 Å². The number of aromatic nitrogens is 2. The van der Waals surface area contributed by atoms with Gasteiger partial charge in [0, 0.05) is 52.2 Å². The largest absolute Gasteiger partial charge is 0.305 e. The van der Waals surface area contributed by atoms with Crippen LogP contribution in [0, 0.1) is 19.1 Å². The molecule has 4 aromatic carbocycles. The van der Waals surface area contributed by atoms with Crippen LogP contribution in [0.3, 0.4) is 0 Å². The van der Waals surface area contributed by atoms with Gasteiger partial charge in [-0.3, -0.25) is 0 Å². The molecule has 0 atom stereocenters. The molecule has 0 saturated heterocycles. The molecule has 0 amide bonds. The first-order valence-corrected chi connectivity index (χ1v) is 13.3. The van der Waals surface area contributed by atoms with Crippen molar-refractivity contribution in [2.24, 2.45) is 0 Å². The Hall–Kier alpha value is -3.95. The van der Waals surface area contributed by atoms with Crippen molar-refractivity contribution in [1.82, 2.24) is 9.97 Å². The van der Waals surface area contributed by atoms with Crippen molar-refractivity contribution in [2.45, 2.75) is 6.92 Å². The van der Waals surface area contributed by atoms with Crippen molar-refractivity contribution in [3.63, 3.8) is 0 Å². The smallest absolute Gasteiger partial charge is 0.0417 e. The molecule has 0 unspecified atom stereocenters. The molecule has 0 aliphatic carbocycles. The Labute approximate surface area is 246 Å². The van der Waals surface area contributed by atoms with Crippen molar-refractivity contribution in [1.29, 1.82) is 0 Å². The molecule has 4 heteroatoms. The molecule has 0 bridgehead atoms. The molecule has 39 heavy (non-hydrogen) atoms. The maximum Gasteiger partial charge on any atom is 0.0417 e. The molecule has 0 aliphatic heterocycles. The summed E-state index contributed by atoms with van der Waals surface area (Å²) in [7, 11) is 0. The van der Waals surface area contributed by atoms with Gasteiger partial charge in [0.1, 0.15) is 0 Å². The summed E-state index contributed by atoms with van der Waals surface area (Å²) in [5.41, 5.74) is 7.52. The van der Waals surface area contributed by atoms with Crippen LogP contribution in [0.4, 0.5) is 0 Å². The Morgan fingerprint density at radius 1 is 0.641 bits per heavy atom. The number of nitrogens with zero attached hydrogens (tertiary/aromatic N) is 2. The third kappa shape index (κ3) is 5.89. The fourth-order valence-corrected chi connectivity index (χ4v) is 5.76. The second-order valence-corrected chi connectivity index (χ2v) is 9.98.